The average molecular weight is 259 g/mol. The zero-order valence-corrected chi connectivity index (χ0v) is 9.84. The maximum absolute atomic E-state index is 12.9. The maximum atomic E-state index is 12.9. The van der Waals surface area contributed by atoms with Crippen LogP contribution in [0.4, 0.5) is 4.39 Å². The smallest absolute Gasteiger partial charge is 0.304 e. The van der Waals surface area contributed by atoms with Crippen molar-refractivity contribution in [3.8, 4) is 5.75 Å². The van der Waals surface area contributed by atoms with Crippen LogP contribution in [0.25, 0.3) is 0 Å². The van der Waals surface area contributed by atoms with Crippen molar-refractivity contribution < 1.29 is 19.0 Å². The molecule has 2 rings (SSSR count). The van der Waals surface area contributed by atoms with E-state index in [1.54, 1.807) is 0 Å². The lowest BCUT2D eigenvalue weighted by molar-refractivity contribution is -0.138. The Labute approximate surface area is 103 Å². The van der Waals surface area contributed by atoms with Crippen LogP contribution in [0.1, 0.15) is 19.3 Å². The highest BCUT2D eigenvalue weighted by molar-refractivity contribution is 6.30. The summed E-state index contributed by atoms with van der Waals surface area (Å²) in [4.78, 5) is 10.6. The second-order valence-electron chi connectivity index (χ2n) is 4.44. The van der Waals surface area contributed by atoms with E-state index in [0.717, 1.165) is 12.8 Å². The van der Waals surface area contributed by atoms with Gasteiger partial charge in [-0.05, 0) is 25.0 Å². The molecule has 1 aliphatic rings. The summed E-state index contributed by atoms with van der Waals surface area (Å²) in [5.74, 6) is -0.845. The number of halogens is 2. The summed E-state index contributed by atoms with van der Waals surface area (Å²) < 4.78 is 18.3. The van der Waals surface area contributed by atoms with Crippen molar-refractivity contribution in [1.29, 1.82) is 0 Å². The van der Waals surface area contributed by atoms with E-state index in [1.165, 1.54) is 18.2 Å². The number of carboxylic acid groups (broad SMARTS) is 1. The van der Waals surface area contributed by atoms with Gasteiger partial charge in [0.15, 0.2) is 0 Å². The standard InChI is InChI=1S/C12H12ClFO3/c13-9-5-8(1-2-10(9)14)17-7-12(3-4-12)6-11(15)16/h1-2,5H,3-4,6-7H2,(H,15,16). The number of hydrogen-bond acceptors (Lipinski definition) is 2. The van der Waals surface area contributed by atoms with Crippen molar-refractivity contribution in [2.75, 3.05) is 6.61 Å². The summed E-state index contributed by atoms with van der Waals surface area (Å²) in [6.45, 7) is 0.335. The highest BCUT2D eigenvalue weighted by Gasteiger charge is 2.45. The Morgan fingerprint density at radius 3 is 2.76 bits per heavy atom. The van der Waals surface area contributed by atoms with Gasteiger partial charge in [0.1, 0.15) is 11.6 Å². The lowest BCUT2D eigenvalue weighted by atomic mass is 10.0. The van der Waals surface area contributed by atoms with Gasteiger partial charge < -0.3 is 9.84 Å². The van der Waals surface area contributed by atoms with Crippen molar-refractivity contribution >= 4 is 17.6 Å². The Balaban J connectivity index is 1.94. The number of carbonyl (C=O) groups is 1. The molecule has 0 amide bonds. The molecule has 0 unspecified atom stereocenters. The summed E-state index contributed by atoms with van der Waals surface area (Å²) in [5, 5.41) is 8.75. The summed E-state index contributed by atoms with van der Waals surface area (Å²) in [6, 6.07) is 4.11. The lowest BCUT2D eigenvalue weighted by Crippen LogP contribution is -2.17. The van der Waals surface area contributed by atoms with E-state index in [2.05, 4.69) is 0 Å². The Morgan fingerprint density at radius 2 is 2.24 bits per heavy atom. The molecule has 0 heterocycles. The number of benzene rings is 1. The molecule has 1 saturated carbocycles. The molecule has 1 fully saturated rings. The molecule has 0 atom stereocenters. The largest absolute Gasteiger partial charge is 0.493 e. The van der Waals surface area contributed by atoms with Gasteiger partial charge >= 0.3 is 5.97 Å². The minimum absolute atomic E-state index is 0.00517. The number of aliphatic carboxylic acids is 1. The van der Waals surface area contributed by atoms with E-state index in [-0.39, 0.29) is 16.9 Å². The van der Waals surface area contributed by atoms with Crippen molar-refractivity contribution in [1.82, 2.24) is 0 Å². The molecule has 0 spiro atoms. The van der Waals surface area contributed by atoms with Crippen molar-refractivity contribution in [3.63, 3.8) is 0 Å². The van der Waals surface area contributed by atoms with Crippen molar-refractivity contribution in [2.45, 2.75) is 19.3 Å². The zero-order chi connectivity index (χ0) is 12.5. The number of hydrogen-bond donors (Lipinski definition) is 1. The summed E-state index contributed by atoms with van der Waals surface area (Å²) in [5.41, 5.74) is -0.243. The Hall–Kier alpha value is -1.29. The highest BCUT2D eigenvalue weighted by Crippen LogP contribution is 2.49. The van der Waals surface area contributed by atoms with Crippen molar-refractivity contribution in [3.05, 3.63) is 29.0 Å². The normalized spacial score (nSPS) is 16.6. The fourth-order valence-corrected chi connectivity index (χ4v) is 1.84. The van der Waals surface area contributed by atoms with Gasteiger partial charge in [0, 0.05) is 11.5 Å². The maximum Gasteiger partial charge on any atom is 0.304 e. The molecule has 0 aromatic heterocycles. The molecule has 0 radical (unpaired) electrons. The van der Waals surface area contributed by atoms with E-state index in [9.17, 15) is 9.18 Å². The first-order valence-corrected chi connectivity index (χ1v) is 5.68. The Bertz CT molecular complexity index is 443. The average Bonchev–Trinajstić information content (AvgIpc) is 2.99. The van der Waals surface area contributed by atoms with Crippen LogP contribution in [-0.4, -0.2) is 17.7 Å². The number of carboxylic acids is 1. The monoisotopic (exact) mass is 258 g/mol. The third-order valence-corrected chi connectivity index (χ3v) is 3.21. The van der Waals surface area contributed by atoms with Crippen LogP contribution < -0.4 is 4.74 Å². The summed E-state index contributed by atoms with van der Waals surface area (Å²) >= 11 is 5.61. The first-order valence-electron chi connectivity index (χ1n) is 5.30. The second kappa shape index (κ2) is 4.53. The second-order valence-corrected chi connectivity index (χ2v) is 4.84. The number of rotatable bonds is 5. The molecule has 1 aromatic carbocycles. The van der Waals surface area contributed by atoms with E-state index < -0.39 is 11.8 Å². The third kappa shape index (κ3) is 3.09. The van der Waals surface area contributed by atoms with E-state index in [1.807, 2.05) is 0 Å². The quantitative estimate of drug-likeness (QED) is 0.883. The summed E-state index contributed by atoms with van der Waals surface area (Å²) in [7, 11) is 0. The molecule has 0 aliphatic heterocycles. The predicted molar refractivity (Wildman–Crippen MR) is 60.8 cm³/mol. The highest BCUT2D eigenvalue weighted by atomic mass is 35.5. The first kappa shape index (κ1) is 12.2. The predicted octanol–water partition coefficient (Wildman–Crippen LogP) is 3.11. The van der Waals surface area contributed by atoms with Gasteiger partial charge in [0.25, 0.3) is 0 Å². The molecule has 0 bridgehead atoms. The molecule has 1 aliphatic carbocycles. The van der Waals surface area contributed by atoms with E-state index in [4.69, 9.17) is 21.4 Å². The molecule has 17 heavy (non-hydrogen) atoms. The topological polar surface area (TPSA) is 46.5 Å². The Kier molecular flexibility index (Phi) is 3.24. The fourth-order valence-electron chi connectivity index (χ4n) is 1.67. The molecule has 1 aromatic rings. The van der Waals surface area contributed by atoms with Gasteiger partial charge in [0.05, 0.1) is 18.1 Å². The lowest BCUT2D eigenvalue weighted by Gasteiger charge is -2.14. The van der Waals surface area contributed by atoms with Gasteiger partial charge in [0.2, 0.25) is 0 Å². The van der Waals surface area contributed by atoms with Crippen LogP contribution in [0.5, 0.6) is 5.75 Å². The SMILES string of the molecule is O=C(O)CC1(COc2ccc(F)c(Cl)c2)CC1. The van der Waals surface area contributed by atoms with Crippen LogP contribution >= 0.6 is 11.6 Å². The molecular weight excluding hydrogens is 247 g/mol. The van der Waals surface area contributed by atoms with E-state index in [0.29, 0.717) is 12.4 Å². The molecule has 0 saturated heterocycles. The first-order chi connectivity index (χ1) is 8.01. The van der Waals surface area contributed by atoms with E-state index >= 15 is 0 Å². The van der Waals surface area contributed by atoms with Crippen LogP contribution in [0, 0.1) is 11.2 Å². The Morgan fingerprint density at radius 1 is 1.53 bits per heavy atom. The molecule has 1 N–H and O–H groups in total. The molecular formula is C12H12ClFO3. The fraction of sp³-hybridized carbons (Fsp3) is 0.417. The zero-order valence-electron chi connectivity index (χ0n) is 9.08. The van der Waals surface area contributed by atoms with Gasteiger partial charge in [-0.15, -0.1) is 0 Å². The van der Waals surface area contributed by atoms with Crippen LogP contribution in [0.2, 0.25) is 5.02 Å². The molecule has 5 heteroatoms. The van der Waals surface area contributed by atoms with Gasteiger partial charge in [-0.25, -0.2) is 4.39 Å². The number of ether oxygens (including phenoxy) is 1. The van der Waals surface area contributed by atoms with Crippen LogP contribution in [0.15, 0.2) is 18.2 Å². The van der Waals surface area contributed by atoms with Crippen LogP contribution in [0.3, 0.4) is 0 Å². The summed E-state index contributed by atoms with van der Waals surface area (Å²) in [6.07, 6.45) is 1.82. The minimum atomic E-state index is -0.816. The minimum Gasteiger partial charge on any atom is -0.493 e. The molecule has 92 valence electrons. The third-order valence-electron chi connectivity index (χ3n) is 2.92. The van der Waals surface area contributed by atoms with Gasteiger partial charge in [-0.1, -0.05) is 11.6 Å². The van der Waals surface area contributed by atoms with Gasteiger partial charge in [-0.2, -0.15) is 0 Å². The molecule has 3 nitrogen and oxygen atoms in total. The van der Waals surface area contributed by atoms with Crippen molar-refractivity contribution in [2.24, 2.45) is 5.41 Å². The van der Waals surface area contributed by atoms with Crippen LogP contribution in [-0.2, 0) is 4.79 Å². The van der Waals surface area contributed by atoms with Gasteiger partial charge in [-0.3, -0.25) is 4.79 Å².